The highest BCUT2D eigenvalue weighted by atomic mass is 16.3. The van der Waals surface area contributed by atoms with Crippen molar-refractivity contribution in [2.45, 2.75) is 45.3 Å². The van der Waals surface area contributed by atoms with Gasteiger partial charge >= 0.3 is 0 Å². The van der Waals surface area contributed by atoms with Crippen molar-refractivity contribution >= 4 is 0 Å². The molecule has 0 spiro atoms. The monoisotopic (exact) mass is 247 g/mol. The van der Waals surface area contributed by atoms with Gasteiger partial charge in [0.25, 0.3) is 0 Å². The molecule has 18 heavy (non-hydrogen) atoms. The van der Waals surface area contributed by atoms with Crippen molar-refractivity contribution in [3.63, 3.8) is 0 Å². The molecule has 0 aliphatic carbocycles. The lowest BCUT2D eigenvalue weighted by Gasteiger charge is -2.47. The van der Waals surface area contributed by atoms with Gasteiger partial charge in [-0.2, -0.15) is 0 Å². The van der Waals surface area contributed by atoms with Crippen LogP contribution in [0.1, 0.15) is 39.2 Å². The quantitative estimate of drug-likeness (QED) is 0.887. The number of benzene rings is 1. The topological polar surface area (TPSA) is 23.5 Å². The molecule has 1 aliphatic rings. The van der Waals surface area contributed by atoms with Gasteiger partial charge in [-0.25, -0.2) is 0 Å². The Labute approximate surface area is 111 Å². The Bertz CT molecular complexity index is 378. The van der Waals surface area contributed by atoms with Gasteiger partial charge in [0.1, 0.15) is 0 Å². The van der Waals surface area contributed by atoms with Gasteiger partial charge in [-0.3, -0.25) is 0 Å². The number of hydrogen-bond donors (Lipinski definition) is 1. The van der Waals surface area contributed by atoms with Gasteiger partial charge in [0.2, 0.25) is 0 Å². The second-order valence-corrected chi connectivity index (χ2v) is 5.74. The average molecular weight is 247 g/mol. The van der Waals surface area contributed by atoms with E-state index in [0.717, 1.165) is 25.1 Å². The van der Waals surface area contributed by atoms with Crippen LogP contribution in [0.4, 0.5) is 0 Å². The largest absolute Gasteiger partial charge is 0.385 e. The van der Waals surface area contributed by atoms with E-state index in [1.54, 1.807) is 0 Å². The smallest absolute Gasteiger partial charge is 0.0948 e. The lowest BCUT2D eigenvalue weighted by molar-refractivity contribution is -0.0904. The molecule has 0 radical (unpaired) electrons. The molecule has 0 aromatic heterocycles. The highest BCUT2D eigenvalue weighted by molar-refractivity contribution is 5.24. The van der Waals surface area contributed by atoms with Crippen LogP contribution in [0.2, 0.25) is 0 Å². The van der Waals surface area contributed by atoms with Crippen LogP contribution in [-0.2, 0) is 5.60 Å². The summed E-state index contributed by atoms with van der Waals surface area (Å²) >= 11 is 0. The zero-order valence-electron chi connectivity index (χ0n) is 11.8. The summed E-state index contributed by atoms with van der Waals surface area (Å²) in [4.78, 5) is 2.50. The fourth-order valence-corrected chi connectivity index (χ4v) is 3.19. The van der Waals surface area contributed by atoms with Crippen LogP contribution in [-0.4, -0.2) is 29.1 Å². The van der Waals surface area contributed by atoms with E-state index in [4.69, 9.17) is 0 Å². The molecule has 1 aromatic rings. The number of likely N-dealkylation sites (tertiary alicyclic amines) is 1. The molecule has 2 heteroatoms. The van der Waals surface area contributed by atoms with E-state index < -0.39 is 5.60 Å². The fourth-order valence-electron chi connectivity index (χ4n) is 3.19. The van der Waals surface area contributed by atoms with E-state index >= 15 is 0 Å². The van der Waals surface area contributed by atoms with E-state index in [2.05, 4.69) is 37.8 Å². The Morgan fingerprint density at radius 1 is 1.28 bits per heavy atom. The standard InChI is InChI=1S/C16H25NO/c1-4-10-17-12-13(2)16(18,11-14(17)3)15-8-6-5-7-9-15/h5-9,13-14,18H,4,10-12H2,1-3H3/t13-,14-,16-/m0/s1. The van der Waals surface area contributed by atoms with E-state index in [1.165, 1.54) is 6.42 Å². The summed E-state index contributed by atoms with van der Waals surface area (Å²) < 4.78 is 0. The second kappa shape index (κ2) is 5.41. The van der Waals surface area contributed by atoms with Crippen LogP contribution < -0.4 is 0 Å². The molecule has 1 aromatic carbocycles. The molecule has 0 amide bonds. The second-order valence-electron chi connectivity index (χ2n) is 5.74. The first kappa shape index (κ1) is 13.6. The van der Waals surface area contributed by atoms with E-state index in [0.29, 0.717) is 6.04 Å². The van der Waals surface area contributed by atoms with Crippen molar-refractivity contribution in [3.8, 4) is 0 Å². The third-order valence-corrected chi connectivity index (χ3v) is 4.34. The third-order valence-electron chi connectivity index (χ3n) is 4.34. The Morgan fingerprint density at radius 2 is 1.94 bits per heavy atom. The van der Waals surface area contributed by atoms with Crippen molar-refractivity contribution in [1.29, 1.82) is 0 Å². The number of nitrogens with zero attached hydrogens (tertiary/aromatic N) is 1. The van der Waals surface area contributed by atoms with Crippen molar-refractivity contribution < 1.29 is 5.11 Å². The summed E-state index contributed by atoms with van der Waals surface area (Å²) in [6.07, 6.45) is 2.01. The van der Waals surface area contributed by atoms with Gasteiger partial charge < -0.3 is 10.0 Å². The summed E-state index contributed by atoms with van der Waals surface area (Å²) in [5, 5.41) is 11.0. The lowest BCUT2D eigenvalue weighted by Crippen LogP contribution is -2.53. The van der Waals surface area contributed by atoms with Crippen molar-refractivity contribution in [2.75, 3.05) is 13.1 Å². The van der Waals surface area contributed by atoms with Crippen molar-refractivity contribution in [1.82, 2.24) is 4.90 Å². The van der Waals surface area contributed by atoms with Crippen LogP contribution >= 0.6 is 0 Å². The lowest BCUT2D eigenvalue weighted by atomic mass is 9.74. The van der Waals surface area contributed by atoms with Crippen LogP contribution in [0.25, 0.3) is 0 Å². The Kier molecular flexibility index (Phi) is 4.08. The highest BCUT2D eigenvalue weighted by Crippen LogP contribution is 2.39. The van der Waals surface area contributed by atoms with Gasteiger partial charge in [0.15, 0.2) is 0 Å². The van der Waals surface area contributed by atoms with Crippen LogP contribution in [0.5, 0.6) is 0 Å². The molecule has 100 valence electrons. The van der Waals surface area contributed by atoms with Gasteiger partial charge in [-0.1, -0.05) is 44.2 Å². The predicted octanol–water partition coefficient (Wildman–Crippen LogP) is 3.01. The molecule has 0 saturated carbocycles. The van der Waals surface area contributed by atoms with Crippen LogP contribution in [0.3, 0.4) is 0 Å². The minimum Gasteiger partial charge on any atom is -0.385 e. The molecular weight excluding hydrogens is 222 g/mol. The minimum atomic E-state index is -0.662. The van der Waals surface area contributed by atoms with Crippen LogP contribution in [0, 0.1) is 5.92 Å². The SMILES string of the molecule is CCCN1C[C@H](C)[C@](O)(c2ccccc2)C[C@@H]1C. The molecule has 1 heterocycles. The molecule has 1 aliphatic heterocycles. The maximum Gasteiger partial charge on any atom is 0.0948 e. The van der Waals surface area contributed by atoms with Crippen LogP contribution in [0.15, 0.2) is 30.3 Å². The normalized spacial score (nSPS) is 33.6. The highest BCUT2D eigenvalue weighted by Gasteiger charge is 2.42. The summed E-state index contributed by atoms with van der Waals surface area (Å²) in [5.74, 6) is 0.280. The summed E-state index contributed by atoms with van der Waals surface area (Å²) in [5.41, 5.74) is 0.408. The third kappa shape index (κ3) is 2.45. The maximum atomic E-state index is 11.0. The molecule has 2 rings (SSSR count). The summed E-state index contributed by atoms with van der Waals surface area (Å²) in [7, 11) is 0. The summed E-state index contributed by atoms with van der Waals surface area (Å²) in [6.45, 7) is 8.74. The van der Waals surface area contributed by atoms with Gasteiger partial charge in [-0.15, -0.1) is 0 Å². The molecule has 1 N–H and O–H groups in total. The molecule has 2 nitrogen and oxygen atoms in total. The first-order valence-corrected chi connectivity index (χ1v) is 7.10. The Balaban J connectivity index is 2.20. The zero-order chi connectivity index (χ0) is 13.2. The first-order valence-electron chi connectivity index (χ1n) is 7.10. The maximum absolute atomic E-state index is 11.0. The molecule has 1 saturated heterocycles. The predicted molar refractivity (Wildman–Crippen MR) is 75.4 cm³/mol. The molecule has 0 bridgehead atoms. The average Bonchev–Trinajstić information content (AvgIpc) is 2.37. The molecule has 3 atom stereocenters. The minimum absolute atomic E-state index is 0.280. The molecular formula is C16H25NO. The van der Waals surface area contributed by atoms with Gasteiger partial charge in [-0.05, 0) is 31.9 Å². The van der Waals surface area contributed by atoms with E-state index in [1.807, 2.05) is 18.2 Å². The molecule has 1 fully saturated rings. The van der Waals surface area contributed by atoms with Gasteiger partial charge in [0.05, 0.1) is 5.60 Å². The summed E-state index contributed by atoms with van der Waals surface area (Å²) in [6, 6.07) is 10.6. The van der Waals surface area contributed by atoms with Gasteiger partial charge in [0, 0.05) is 18.5 Å². The van der Waals surface area contributed by atoms with E-state index in [-0.39, 0.29) is 5.92 Å². The number of rotatable bonds is 3. The first-order chi connectivity index (χ1) is 8.58. The number of hydrogen-bond acceptors (Lipinski definition) is 2. The molecule has 0 unspecified atom stereocenters. The van der Waals surface area contributed by atoms with E-state index in [9.17, 15) is 5.11 Å². The van der Waals surface area contributed by atoms with Crippen molar-refractivity contribution in [3.05, 3.63) is 35.9 Å². The zero-order valence-corrected chi connectivity index (χ0v) is 11.8. The number of aliphatic hydroxyl groups is 1. The van der Waals surface area contributed by atoms with Crippen molar-refractivity contribution in [2.24, 2.45) is 5.92 Å². The number of piperidine rings is 1. The fraction of sp³-hybridized carbons (Fsp3) is 0.625. The Morgan fingerprint density at radius 3 is 2.56 bits per heavy atom. The Hall–Kier alpha value is -0.860.